The zero-order valence-corrected chi connectivity index (χ0v) is 17.6. The summed E-state index contributed by atoms with van der Waals surface area (Å²) >= 11 is 0. The molecule has 3 aromatic carbocycles. The lowest BCUT2D eigenvalue weighted by Crippen LogP contribution is -2.48. The van der Waals surface area contributed by atoms with Crippen molar-refractivity contribution in [1.29, 1.82) is 0 Å². The normalized spacial score (nSPS) is 13.3. The molecular formula is C25H25F3N2O2. The van der Waals surface area contributed by atoms with Crippen molar-refractivity contribution >= 4 is 11.6 Å². The second-order valence-corrected chi connectivity index (χ2v) is 7.59. The van der Waals surface area contributed by atoms with Crippen molar-refractivity contribution in [3.05, 3.63) is 102 Å². The van der Waals surface area contributed by atoms with Gasteiger partial charge in [0.2, 0.25) is 5.91 Å². The molecule has 0 fully saturated rings. The van der Waals surface area contributed by atoms with Crippen LogP contribution >= 0.6 is 0 Å². The SMILES string of the molecule is CC(=O)NC(C(O)c1cccc(N(Cc2ccccc2)Cc2ccccc2)c1)C(F)(F)F. The minimum atomic E-state index is -4.80. The largest absolute Gasteiger partial charge is 0.411 e. The van der Waals surface area contributed by atoms with Crippen LogP contribution in [0.2, 0.25) is 0 Å². The lowest BCUT2D eigenvalue weighted by molar-refractivity contribution is -0.181. The van der Waals surface area contributed by atoms with Crippen molar-refractivity contribution in [2.45, 2.75) is 38.3 Å². The smallest absolute Gasteiger partial charge is 0.386 e. The zero-order chi connectivity index (χ0) is 23.1. The maximum atomic E-state index is 13.5. The molecule has 0 saturated heterocycles. The van der Waals surface area contributed by atoms with E-state index >= 15 is 0 Å². The average molecular weight is 442 g/mol. The molecular weight excluding hydrogens is 417 g/mol. The Kier molecular flexibility index (Phi) is 7.53. The molecule has 3 rings (SSSR count). The summed E-state index contributed by atoms with van der Waals surface area (Å²) < 4.78 is 40.4. The summed E-state index contributed by atoms with van der Waals surface area (Å²) in [6.07, 6.45) is -6.73. The molecule has 0 aliphatic carbocycles. The number of nitrogens with zero attached hydrogens (tertiary/aromatic N) is 1. The Balaban J connectivity index is 1.93. The summed E-state index contributed by atoms with van der Waals surface area (Å²) in [5.41, 5.74) is 2.82. The lowest BCUT2D eigenvalue weighted by atomic mass is 10.0. The number of amides is 1. The standard InChI is InChI=1S/C25H25F3N2O2/c1-18(31)29-24(25(26,27)28)23(32)21-13-8-14-22(15-21)30(16-19-9-4-2-5-10-19)17-20-11-6-3-7-12-20/h2-15,23-24,32H,16-17H2,1H3,(H,29,31). The van der Waals surface area contributed by atoms with E-state index in [1.165, 1.54) is 12.1 Å². The molecule has 0 bridgehead atoms. The van der Waals surface area contributed by atoms with E-state index in [-0.39, 0.29) is 5.56 Å². The Labute approximate surface area is 185 Å². The number of carbonyl (C=O) groups excluding carboxylic acids is 1. The molecule has 2 atom stereocenters. The van der Waals surface area contributed by atoms with Crippen LogP contribution in [-0.4, -0.2) is 23.2 Å². The summed E-state index contributed by atoms with van der Waals surface area (Å²) in [7, 11) is 0. The van der Waals surface area contributed by atoms with Crippen molar-refractivity contribution in [3.8, 4) is 0 Å². The molecule has 3 aromatic rings. The van der Waals surface area contributed by atoms with E-state index in [1.54, 1.807) is 12.1 Å². The number of aliphatic hydroxyl groups excluding tert-OH is 1. The van der Waals surface area contributed by atoms with Crippen LogP contribution in [0.4, 0.5) is 18.9 Å². The molecule has 7 heteroatoms. The van der Waals surface area contributed by atoms with Crippen molar-refractivity contribution in [1.82, 2.24) is 5.32 Å². The highest BCUT2D eigenvalue weighted by Crippen LogP contribution is 2.32. The van der Waals surface area contributed by atoms with Crippen LogP contribution in [-0.2, 0) is 17.9 Å². The van der Waals surface area contributed by atoms with Gasteiger partial charge in [-0.25, -0.2) is 0 Å². The molecule has 2 N–H and O–H groups in total. The summed E-state index contributed by atoms with van der Waals surface area (Å²) in [6.45, 7) is 2.05. The minimum absolute atomic E-state index is 0.0738. The van der Waals surface area contributed by atoms with Gasteiger partial charge in [0.05, 0.1) is 0 Å². The fourth-order valence-corrected chi connectivity index (χ4v) is 3.50. The summed E-state index contributed by atoms with van der Waals surface area (Å²) in [6, 6.07) is 23.4. The molecule has 32 heavy (non-hydrogen) atoms. The number of halogens is 3. The van der Waals surface area contributed by atoms with Gasteiger partial charge < -0.3 is 15.3 Å². The number of benzene rings is 3. The maximum absolute atomic E-state index is 13.5. The van der Waals surface area contributed by atoms with Crippen LogP contribution in [0.3, 0.4) is 0 Å². The summed E-state index contributed by atoms with van der Waals surface area (Å²) in [5.74, 6) is -0.864. The Bertz CT molecular complexity index is 969. The average Bonchev–Trinajstić information content (AvgIpc) is 2.77. The number of hydrogen-bond acceptors (Lipinski definition) is 3. The molecule has 0 saturated carbocycles. The predicted octanol–water partition coefficient (Wildman–Crippen LogP) is 4.99. The molecule has 4 nitrogen and oxygen atoms in total. The third-order valence-corrected chi connectivity index (χ3v) is 5.04. The first-order chi connectivity index (χ1) is 15.2. The maximum Gasteiger partial charge on any atom is 0.411 e. The molecule has 0 heterocycles. The van der Waals surface area contributed by atoms with Crippen molar-refractivity contribution in [3.63, 3.8) is 0 Å². The highest BCUT2D eigenvalue weighted by atomic mass is 19.4. The van der Waals surface area contributed by atoms with Crippen LogP contribution in [0.25, 0.3) is 0 Å². The molecule has 0 spiro atoms. The number of rotatable bonds is 8. The zero-order valence-electron chi connectivity index (χ0n) is 17.6. The Morgan fingerprint density at radius 3 is 1.91 bits per heavy atom. The van der Waals surface area contributed by atoms with Gasteiger partial charge in [0.15, 0.2) is 6.04 Å². The first-order valence-corrected chi connectivity index (χ1v) is 10.2. The molecule has 0 radical (unpaired) electrons. The monoisotopic (exact) mass is 442 g/mol. The highest BCUT2D eigenvalue weighted by Gasteiger charge is 2.45. The van der Waals surface area contributed by atoms with Crippen molar-refractivity contribution in [2.75, 3.05) is 4.90 Å². The van der Waals surface area contributed by atoms with Gasteiger partial charge in [0, 0.05) is 25.7 Å². The first kappa shape index (κ1) is 23.3. The first-order valence-electron chi connectivity index (χ1n) is 10.2. The Morgan fingerprint density at radius 2 is 1.44 bits per heavy atom. The van der Waals surface area contributed by atoms with Crippen LogP contribution in [0.1, 0.15) is 29.7 Å². The van der Waals surface area contributed by atoms with Gasteiger partial charge >= 0.3 is 6.18 Å². The van der Waals surface area contributed by atoms with E-state index in [2.05, 4.69) is 0 Å². The molecule has 2 unspecified atom stereocenters. The molecule has 0 aliphatic heterocycles. The number of aliphatic hydroxyl groups is 1. The van der Waals surface area contributed by atoms with E-state index in [0.717, 1.165) is 18.1 Å². The van der Waals surface area contributed by atoms with E-state index < -0.39 is 24.2 Å². The van der Waals surface area contributed by atoms with Gasteiger partial charge in [-0.1, -0.05) is 72.8 Å². The summed E-state index contributed by atoms with van der Waals surface area (Å²) in [4.78, 5) is 13.3. The number of carbonyl (C=O) groups is 1. The van der Waals surface area contributed by atoms with Gasteiger partial charge in [-0.05, 0) is 28.8 Å². The van der Waals surface area contributed by atoms with Crippen LogP contribution < -0.4 is 10.2 Å². The lowest BCUT2D eigenvalue weighted by Gasteiger charge is -2.29. The minimum Gasteiger partial charge on any atom is -0.386 e. The Hall–Kier alpha value is -3.32. The van der Waals surface area contributed by atoms with Crippen LogP contribution in [0, 0.1) is 0 Å². The van der Waals surface area contributed by atoms with Crippen LogP contribution in [0.5, 0.6) is 0 Å². The van der Waals surface area contributed by atoms with Crippen molar-refractivity contribution < 1.29 is 23.1 Å². The quantitative estimate of drug-likeness (QED) is 0.517. The molecule has 168 valence electrons. The molecule has 0 aliphatic rings. The number of alkyl halides is 3. The van der Waals surface area contributed by atoms with Gasteiger partial charge in [0.25, 0.3) is 0 Å². The third-order valence-electron chi connectivity index (χ3n) is 5.04. The van der Waals surface area contributed by atoms with E-state index in [9.17, 15) is 23.1 Å². The van der Waals surface area contributed by atoms with Gasteiger partial charge in [-0.15, -0.1) is 0 Å². The highest BCUT2D eigenvalue weighted by molar-refractivity contribution is 5.73. The fourth-order valence-electron chi connectivity index (χ4n) is 3.50. The van der Waals surface area contributed by atoms with Crippen LogP contribution in [0.15, 0.2) is 84.9 Å². The van der Waals surface area contributed by atoms with Gasteiger partial charge in [-0.2, -0.15) is 13.2 Å². The predicted molar refractivity (Wildman–Crippen MR) is 118 cm³/mol. The fraction of sp³-hybridized carbons (Fsp3) is 0.240. The Morgan fingerprint density at radius 1 is 0.906 bits per heavy atom. The van der Waals surface area contributed by atoms with Gasteiger partial charge in [0.1, 0.15) is 6.10 Å². The number of nitrogens with one attached hydrogen (secondary N) is 1. The van der Waals surface area contributed by atoms with E-state index in [1.807, 2.05) is 70.9 Å². The molecule has 1 amide bonds. The second-order valence-electron chi connectivity index (χ2n) is 7.59. The summed E-state index contributed by atoms with van der Waals surface area (Å²) in [5, 5.41) is 12.3. The van der Waals surface area contributed by atoms with E-state index in [0.29, 0.717) is 18.8 Å². The van der Waals surface area contributed by atoms with Crippen molar-refractivity contribution in [2.24, 2.45) is 0 Å². The number of anilines is 1. The number of hydrogen-bond donors (Lipinski definition) is 2. The topological polar surface area (TPSA) is 52.6 Å². The second kappa shape index (κ2) is 10.3. The molecule has 0 aromatic heterocycles. The van der Waals surface area contributed by atoms with Gasteiger partial charge in [-0.3, -0.25) is 4.79 Å². The third kappa shape index (κ3) is 6.34. The van der Waals surface area contributed by atoms with E-state index in [4.69, 9.17) is 0 Å².